The summed E-state index contributed by atoms with van der Waals surface area (Å²) in [4.78, 5) is 14.1. The van der Waals surface area contributed by atoms with Crippen LogP contribution in [0.15, 0.2) is 46.9 Å². The minimum Gasteiger partial charge on any atom is -0.312 e. The Bertz CT molecular complexity index is 687. The van der Waals surface area contributed by atoms with Crippen LogP contribution in [0.4, 0.5) is 14.5 Å². The summed E-state index contributed by atoms with van der Waals surface area (Å²) in [6.07, 6.45) is 0.481. The number of nitrogens with zero attached hydrogens (tertiary/aromatic N) is 1. The van der Waals surface area contributed by atoms with Crippen molar-refractivity contribution in [2.45, 2.75) is 12.3 Å². The molecule has 1 heterocycles. The van der Waals surface area contributed by atoms with Crippen molar-refractivity contribution in [1.82, 2.24) is 0 Å². The van der Waals surface area contributed by atoms with Crippen LogP contribution in [-0.4, -0.2) is 12.5 Å². The quantitative estimate of drug-likeness (QED) is 0.792. The van der Waals surface area contributed by atoms with E-state index in [1.807, 2.05) is 24.3 Å². The topological polar surface area (TPSA) is 20.3 Å². The molecular formula is C16H12BrF2NO. The lowest BCUT2D eigenvalue weighted by atomic mass is 9.97. The highest BCUT2D eigenvalue weighted by Gasteiger charge is 2.35. The van der Waals surface area contributed by atoms with Crippen LogP contribution < -0.4 is 4.90 Å². The van der Waals surface area contributed by atoms with Crippen LogP contribution in [0.1, 0.15) is 17.9 Å². The van der Waals surface area contributed by atoms with E-state index >= 15 is 0 Å². The monoisotopic (exact) mass is 351 g/mol. The lowest BCUT2D eigenvalue weighted by molar-refractivity contribution is -0.118. The number of carbonyl (C=O) groups is 1. The number of amides is 1. The van der Waals surface area contributed by atoms with Crippen molar-refractivity contribution in [2.24, 2.45) is 0 Å². The van der Waals surface area contributed by atoms with Gasteiger partial charge in [-0.2, -0.15) is 0 Å². The van der Waals surface area contributed by atoms with Gasteiger partial charge in [0.25, 0.3) is 0 Å². The molecule has 1 fully saturated rings. The zero-order valence-corrected chi connectivity index (χ0v) is 12.6. The molecule has 1 saturated heterocycles. The summed E-state index contributed by atoms with van der Waals surface area (Å²) in [6.45, 7) is 0.501. The van der Waals surface area contributed by atoms with Gasteiger partial charge in [0.05, 0.1) is 5.92 Å². The summed E-state index contributed by atoms with van der Waals surface area (Å²) < 4.78 is 28.1. The third kappa shape index (κ3) is 2.58. The van der Waals surface area contributed by atoms with Gasteiger partial charge in [-0.15, -0.1) is 0 Å². The standard InChI is InChI=1S/C16H12BrF2NO/c17-10-4-6-11(7-5-10)20-9-8-13(16(20)21)12-2-1-3-14(18)15(12)19/h1-7,13H,8-9H2. The van der Waals surface area contributed by atoms with E-state index < -0.39 is 17.6 Å². The Morgan fingerprint density at radius 3 is 2.52 bits per heavy atom. The smallest absolute Gasteiger partial charge is 0.234 e. The zero-order valence-electron chi connectivity index (χ0n) is 11.0. The minimum absolute atomic E-state index is 0.139. The lowest BCUT2D eigenvalue weighted by Gasteiger charge is -2.17. The second-order valence-electron chi connectivity index (χ2n) is 4.95. The van der Waals surface area contributed by atoms with Crippen molar-refractivity contribution in [3.05, 3.63) is 64.1 Å². The summed E-state index contributed by atoms with van der Waals surface area (Å²) in [7, 11) is 0. The van der Waals surface area contributed by atoms with Crippen molar-refractivity contribution < 1.29 is 13.6 Å². The van der Waals surface area contributed by atoms with Gasteiger partial charge in [0.2, 0.25) is 5.91 Å². The Kier molecular flexibility index (Phi) is 3.76. The fourth-order valence-corrected chi connectivity index (χ4v) is 2.90. The van der Waals surface area contributed by atoms with E-state index in [2.05, 4.69) is 15.9 Å². The highest BCUT2D eigenvalue weighted by molar-refractivity contribution is 9.10. The van der Waals surface area contributed by atoms with E-state index in [1.54, 1.807) is 4.90 Å². The van der Waals surface area contributed by atoms with Gasteiger partial charge in [-0.25, -0.2) is 8.78 Å². The molecule has 0 aromatic heterocycles. The van der Waals surface area contributed by atoms with Gasteiger partial charge in [-0.3, -0.25) is 4.79 Å². The van der Waals surface area contributed by atoms with Crippen LogP contribution in [0.5, 0.6) is 0 Å². The minimum atomic E-state index is -0.923. The maximum Gasteiger partial charge on any atom is 0.234 e. The molecule has 0 bridgehead atoms. The van der Waals surface area contributed by atoms with E-state index in [-0.39, 0.29) is 11.5 Å². The first-order valence-corrected chi connectivity index (χ1v) is 7.38. The second kappa shape index (κ2) is 5.56. The third-order valence-corrected chi connectivity index (χ3v) is 4.23. The number of rotatable bonds is 2. The fourth-order valence-electron chi connectivity index (χ4n) is 2.64. The normalized spacial score (nSPS) is 18.3. The van der Waals surface area contributed by atoms with Gasteiger partial charge in [0.1, 0.15) is 0 Å². The Hall–Kier alpha value is -1.75. The van der Waals surface area contributed by atoms with Crippen LogP contribution in [-0.2, 0) is 4.79 Å². The maximum absolute atomic E-state index is 13.9. The number of halogens is 3. The summed E-state index contributed by atoms with van der Waals surface area (Å²) in [5.41, 5.74) is 0.905. The molecule has 1 unspecified atom stereocenters. The largest absolute Gasteiger partial charge is 0.312 e. The average Bonchev–Trinajstić information content (AvgIpc) is 2.85. The first kappa shape index (κ1) is 14.2. The molecule has 0 aliphatic carbocycles. The molecule has 1 amide bonds. The molecule has 1 aliphatic rings. The van der Waals surface area contributed by atoms with E-state index in [0.717, 1.165) is 16.2 Å². The number of anilines is 1. The molecule has 0 saturated carbocycles. The maximum atomic E-state index is 13.9. The number of hydrogen-bond donors (Lipinski definition) is 0. The Balaban J connectivity index is 1.90. The number of hydrogen-bond acceptors (Lipinski definition) is 1. The van der Waals surface area contributed by atoms with Gasteiger partial charge < -0.3 is 4.90 Å². The zero-order chi connectivity index (χ0) is 15.0. The molecule has 21 heavy (non-hydrogen) atoms. The second-order valence-corrected chi connectivity index (χ2v) is 5.87. The fraction of sp³-hybridized carbons (Fsp3) is 0.188. The van der Waals surface area contributed by atoms with Gasteiger partial charge in [0, 0.05) is 22.3 Å². The van der Waals surface area contributed by atoms with E-state index in [1.165, 1.54) is 12.1 Å². The molecule has 3 rings (SSSR count). The summed E-state index contributed by atoms with van der Waals surface area (Å²) in [6, 6.07) is 11.3. The summed E-state index contributed by atoms with van der Waals surface area (Å²) in [5.74, 6) is -2.65. The molecule has 108 valence electrons. The summed E-state index contributed by atoms with van der Waals surface area (Å²) >= 11 is 3.34. The van der Waals surface area contributed by atoms with Crippen LogP contribution in [0.2, 0.25) is 0 Å². The molecule has 5 heteroatoms. The Morgan fingerprint density at radius 1 is 1.10 bits per heavy atom. The molecule has 0 radical (unpaired) electrons. The van der Waals surface area contributed by atoms with E-state index in [4.69, 9.17) is 0 Å². The predicted octanol–water partition coefficient (Wildman–Crippen LogP) is 4.25. The summed E-state index contributed by atoms with van der Waals surface area (Å²) in [5, 5.41) is 0. The van der Waals surface area contributed by atoms with Gasteiger partial charge in [-0.1, -0.05) is 28.1 Å². The van der Waals surface area contributed by atoms with Crippen LogP contribution in [0, 0.1) is 11.6 Å². The first-order chi connectivity index (χ1) is 10.1. The van der Waals surface area contributed by atoms with E-state index in [9.17, 15) is 13.6 Å². The van der Waals surface area contributed by atoms with Crippen molar-refractivity contribution in [3.8, 4) is 0 Å². The van der Waals surface area contributed by atoms with Gasteiger partial charge in [-0.05, 0) is 36.8 Å². The number of carbonyl (C=O) groups excluding carboxylic acids is 1. The Morgan fingerprint density at radius 2 is 1.81 bits per heavy atom. The molecule has 0 N–H and O–H groups in total. The van der Waals surface area contributed by atoms with Crippen LogP contribution in [0.3, 0.4) is 0 Å². The predicted molar refractivity (Wildman–Crippen MR) is 80.2 cm³/mol. The molecule has 1 aliphatic heterocycles. The highest BCUT2D eigenvalue weighted by atomic mass is 79.9. The molecule has 0 spiro atoms. The molecule has 1 atom stereocenters. The molecule has 2 aromatic carbocycles. The number of benzene rings is 2. The van der Waals surface area contributed by atoms with E-state index in [0.29, 0.717) is 13.0 Å². The van der Waals surface area contributed by atoms with Gasteiger partial charge in [0.15, 0.2) is 11.6 Å². The van der Waals surface area contributed by atoms with Crippen molar-refractivity contribution in [3.63, 3.8) is 0 Å². The molecular weight excluding hydrogens is 340 g/mol. The Labute approximate surface area is 129 Å². The highest BCUT2D eigenvalue weighted by Crippen LogP contribution is 2.34. The van der Waals surface area contributed by atoms with Crippen molar-refractivity contribution in [1.29, 1.82) is 0 Å². The van der Waals surface area contributed by atoms with Crippen LogP contribution in [0.25, 0.3) is 0 Å². The third-order valence-electron chi connectivity index (χ3n) is 3.70. The average molecular weight is 352 g/mol. The lowest BCUT2D eigenvalue weighted by Crippen LogP contribution is -2.26. The molecule has 2 aromatic rings. The van der Waals surface area contributed by atoms with Gasteiger partial charge >= 0.3 is 0 Å². The SMILES string of the molecule is O=C1C(c2cccc(F)c2F)CCN1c1ccc(Br)cc1. The first-order valence-electron chi connectivity index (χ1n) is 6.59. The molecule has 2 nitrogen and oxygen atoms in total. The van der Waals surface area contributed by atoms with Crippen LogP contribution >= 0.6 is 15.9 Å². The van der Waals surface area contributed by atoms with Crippen molar-refractivity contribution >= 4 is 27.5 Å². The van der Waals surface area contributed by atoms with Crippen molar-refractivity contribution in [2.75, 3.05) is 11.4 Å².